The van der Waals surface area contributed by atoms with Crippen molar-refractivity contribution < 1.29 is 28.7 Å². The number of halogens is 1. The highest BCUT2D eigenvalue weighted by molar-refractivity contribution is 8.00. The molecular weight excluding hydrogens is 626 g/mol. The number of anilines is 2. The van der Waals surface area contributed by atoms with Crippen LogP contribution in [0.15, 0.2) is 82.6 Å². The Morgan fingerprint density at radius 1 is 0.977 bits per heavy atom. The van der Waals surface area contributed by atoms with Crippen molar-refractivity contribution in [2.45, 2.75) is 23.1 Å². The number of thiazole rings is 1. The lowest BCUT2D eigenvalue weighted by Crippen LogP contribution is -2.32. The molecule has 44 heavy (non-hydrogen) atoms. The maximum atomic E-state index is 14.0. The molecule has 6 rings (SSSR count). The second-order valence-electron chi connectivity index (χ2n) is 9.91. The van der Waals surface area contributed by atoms with Gasteiger partial charge in [-0.3, -0.25) is 19.2 Å². The number of carbonyl (C=O) groups is 4. The fourth-order valence-electron chi connectivity index (χ4n) is 5.31. The number of nitrogens with zero attached hydrogens (tertiary/aromatic N) is 1. The number of carbonyl (C=O) groups excluding carboxylic acids is 4. The first-order valence-electron chi connectivity index (χ1n) is 13.6. The summed E-state index contributed by atoms with van der Waals surface area (Å²) in [6.45, 7) is 1.62. The lowest BCUT2D eigenvalue weighted by molar-refractivity contribution is -0.122. The summed E-state index contributed by atoms with van der Waals surface area (Å²) in [7, 11) is 0. The van der Waals surface area contributed by atoms with Gasteiger partial charge in [0, 0.05) is 27.1 Å². The van der Waals surface area contributed by atoms with Crippen LogP contribution in [-0.4, -0.2) is 47.1 Å². The van der Waals surface area contributed by atoms with E-state index in [9.17, 15) is 24.0 Å². The van der Waals surface area contributed by atoms with Crippen molar-refractivity contribution in [1.82, 2.24) is 4.98 Å². The van der Waals surface area contributed by atoms with Crippen LogP contribution < -0.4 is 19.8 Å². The van der Waals surface area contributed by atoms with E-state index >= 15 is 0 Å². The number of hydrogen-bond acceptors (Lipinski definition) is 9. The number of H-pyrrole nitrogens is 1. The summed E-state index contributed by atoms with van der Waals surface area (Å²) in [6, 6.07) is 19.7. The van der Waals surface area contributed by atoms with Crippen LogP contribution in [0.2, 0.25) is 5.02 Å². The SMILES string of the molecule is CCOC(=O)c1ccc(NC(=O)COc2ccccc2[C@@H]2c3sc(=O)[nH]c3S[C@H]3C(=O)N(c4ccc(Cl)cc4)C(=O)[C@@H]23)cc1. The topological polar surface area (TPSA) is 135 Å². The molecule has 2 N–H and O–H groups in total. The Labute approximate surface area is 264 Å². The third kappa shape index (κ3) is 5.63. The van der Waals surface area contributed by atoms with Gasteiger partial charge in [0.2, 0.25) is 11.8 Å². The van der Waals surface area contributed by atoms with E-state index in [-0.39, 0.29) is 24.0 Å². The first-order chi connectivity index (χ1) is 21.2. The van der Waals surface area contributed by atoms with E-state index in [4.69, 9.17) is 21.1 Å². The largest absolute Gasteiger partial charge is 0.483 e. The normalized spacial score (nSPS) is 18.9. The van der Waals surface area contributed by atoms with Crippen molar-refractivity contribution in [2.75, 3.05) is 23.4 Å². The number of aromatic amines is 1. The van der Waals surface area contributed by atoms with Gasteiger partial charge < -0.3 is 19.8 Å². The van der Waals surface area contributed by atoms with E-state index in [2.05, 4.69) is 10.3 Å². The highest BCUT2D eigenvalue weighted by Gasteiger charge is 2.56. The zero-order valence-corrected chi connectivity index (χ0v) is 25.5. The Balaban J connectivity index is 1.26. The van der Waals surface area contributed by atoms with Gasteiger partial charge in [-0.25, -0.2) is 9.69 Å². The molecule has 0 radical (unpaired) electrons. The van der Waals surface area contributed by atoms with E-state index in [0.29, 0.717) is 43.2 Å². The van der Waals surface area contributed by atoms with Crippen molar-refractivity contribution in [3.8, 4) is 5.75 Å². The molecule has 0 unspecified atom stereocenters. The van der Waals surface area contributed by atoms with Crippen LogP contribution in [0.4, 0.5) is 11.4 Å². The molecule has 0 saturated carbocycles. The Morgan fingerprint density at radius 3 is 2.43 bits per heavy atom. The molecule has 4 aromatic rings. The van der Waals surface area contributed by atoms with Crippen molar-refractivity contribution in [1.29, 1.82) is 0 Å². The highest BCUT2D eigenvalue weighted by Crippen LogP contribution is 2.54. The molecule has 3 atom stereocenters. The fourth-order valence-corrected chi connectivity index (χ4v) is 7.94. The quantitative estimate of drug-likeness (QED) is 0.199. The number of aromatic nitrogens is 1. The first-order valence-corrected chi connectivity index (χ1v) is 15.6. The summed E-state index contributed by atoms with van der Waals surface area (Å²) in [5.41, 5.74) is 1.81. The van der Waals surface area contributed by atoms with Crippen molar-refractivity contribution in [3.05, 3.63) is 103 Å². The Morgan fingerprint density at radius 2 is 1.70 bits per heavy atom. The van der Waals surface area contributed by atoms with Gasteiger partial charge in [0.15, 0.2) is 6.61 Å². The van der Waals surface area contributed by atoms with Crippen molar-refractivity contribution >= 4 is 69.8 Å². The van der Waals surface area contributed by atoms with Gasteiger partial charge >= 0.3 is 10.8 Å². The van der Waals surface area contributed by atoms with Gasteiger partial charge in [-0.05, 0) is 61.5 Å². The van der Waals surface area contributed by atoms with Gasteiger partial charge in [-0.1, -0.05) is 52.9 Å². The molecule has 224 valence electrons. The van der Waals surface area contributed by atoms with Crippen LogP contribution in [0.25, 0.3) is 0 Å². The van der Waals surface area contributed by atoms with Crippen molar-refractivity contribution in [3.63, 3.8) is 0 Å². The van der Waals surface area contributed by atoms with Gasteiger partial charge in [-0.15, -0.1) is 0 Å². The zero-order chi connectivity index (χ0) is 31.0. The van der Waals surface area contributed by atoms with E-state index in [1.807, 2.05) is 0 Å². The summed E-state index contributed by atoms with van der Waals surface area (Å²) in [4.78, 5) is 69.1. The van der Waals surface area contributed by atoms with Gasteiger partial charge in [0.1, 0.15) is 11.0 Å². The van der Waals surface area contributed by atoms with Crippen LogP contribution in [0.1, 0.15) is 33.6 Å². The second kappa shape index (κ2) is 12.3. The number of thioether (sulfide) groups is 1. The minimum Gasteiger partial charge on any atom is -0.483 e. The maximum absolute atomic E-state index is 14.0. The van der Waals surface area contributed by atoms with Gasteiger partial charge in [-0.2, -0.15) is 0 Å². The molecule has 10 nitrogen and oxygen atoms in total. The Hall–Kier alpha value is -4.39. The summed E-state index contributed by atoms with van der Waals surface area (Å²) in [5, 5.41) is 2.95. The summed E-state index contributed by atoms with van der Waals surface area (Å²) < 4.78 is 11.0. The molecule has 0 bridgehead atoms. The molecule has 13 heteroatoms. The van der Waals surface area contributed by atoms with Crippen LogP contribution in [0.3, 0.4) is 0 Å². The van der Waals surface area contributed by atoms with E-state index < -0.39 is 34.9 Å². The smallest absolute Gasteiger partial charge is 0.338 e. The molecule has 2 aliphatic heterocycles. The number of para-hydroxylation sites is 1. The van der Waals surface area contributed by atoms with Gasteiger partial charge in [0.05, 0.1) is 28.8 Å². The molecule has 3 heterocycles. The molecule has 1 aromatic heterocycles. The molecule has 0 aliphatic carbocycles. The molecule has 3 aromatic carbocycles. The standard InChI is InChI=1S/C31H24ClN3O7S2/c1-2-41-30(39)16-7-11-18(12-8-16)33-22(36)15-42-21-6-4-3-5-20(21)23-24-26(43-27-25(23)44-31(40)34-27)29(38)35(28(24)37)19-13-9-17(32)10-14-19/h3-14,23-24,26H,2,15H2,1H3,(H,33,36)(H,34,40)/t23-,24-,26+/m0/s1. The van der Waals surface area contributed by atoms with E-state index in [0.717, 1.165) is 11.3 Å². The van der Waals surface area contributed by atoms with Crippen LogP contribution in [0, 0.1) is 5.92 Å². The Kier molecular flexibility index (Phi) is 8.30. The molecule has 0 spiro atoms. The summed E-state index contributed by atoms with van der Waals surface area (Å²) in [5.74, 6) is -2.85. The van der Waals surface area contributed by atoms with Crippen LogP contribution >= 0.6 is 34.7 Å². The predicted octanol–water partition coefficient (Wildman–Crippen LogP) is 5.08. The van der Waals surface area contributed by atoms with Crippen LogP contribution in [0.5, 0.6) is 5.75 Å². The average Bonchev–Trinajstić information content (AvgIpc) is 3.51. The average molecular weight is 650 g/mol. The number of fused-ring (bicyclic) bond motifs is 2. The number of benzene rings is 3. The number of rotatable bonds is 8. The molecule has 3 amide bonds. The number of amides is 3. The number of esters is 1. The highest BCUT2D eigenvalue weighted by atomic mass is 35.5. The third-order valence-corrected chi connectivity index (χ3v) is 9.85. The lowest BCUT2D eigenvalue weighted by Gasteiger charge is -2.30. The first kappa shape index (κ1) is 29.7. The minimum absolute atomic E-state index is 0.256. The van der Waals surface area contributed by atoms with Gasteiger partial charge in [0.25, 0.3) is 5.91 Å². The Bertz CT molecular complexity index is 1820. The summed E-state index contributed by atoms with van der Waals surface area (Å²) >= 11 is 8.20. The molecule has 1 saturated heterocycles. The second-order valence-corrected chi connectivity index (χ2v) is 12.5. The predicted molar refractivity (Wildman–Crippen MR) is 167 cm³/mol. The molecular formula is C31H24ClN3O7S2. The monoisotopic (exact) mass is 649 g/mol. The maximum Gasteiger partial charge on any atom is 0.338 e. The molecule has 2 aliphatic rings. The fraction of sp³-hybridized carbons (Fsp3) is 0.194. The number of imide groups is 1. The number of hydrogen-bond donors (Lipinski definition) is 2. The number of nitrogens with one attached hydrogen (secondary N) is 2. The third-order valence-electron chi connectivity index (χ3n) is 7.20. The lowest BCUT2D eigenvalue weighted by atomic mass is 9.82. The minimum atomic E-state index is -0.821. The zero-order valence-electron chi connectivity index (χ0n) is 23.1. The van der Waals surface area contributed by atoms with Crippen LogP contribution in [-0.2, 0) is 19.1 Å². The summed E-state index contributed by atoms with van der Waals surface area (Å²) in [6.07, 6.45) is 0. The molecule has 1 fully saturated rings. The van der Waals surface area contributed by atoms with E-state index in [1.165, 1.54) is 16.7 Å². The number of ether oxygens (including phenoxy) is 2. The van der Waals surface area contributed by atoms with E-state index in [1.54, 1.807) is 79.7 Å². The van der Waals surface area contributed by atoms with Crippen molar-refractivity contribution in [2.24, 2.45) is 5.92 Å².